The maximum absolute atomic E-state index is 12.7. The summed E-state index contributed by atoms with van der Waals surface area (Å²) in [6.45, 7) is 0.197. The highest BCUT2D eigenvalue weighted by atomic mass is 16.5. The first kappa shape index (κ1) is 16.0. The Morgan fingerprint density at radius 2 is 1.31 bits per heavy atom. The molecule has 4 aromatic rings. The van der Waals surface area contributed by atoms with Crippen LogP contribution in [0.15, 0.2) is 84.9 Å². The number of nitrogens with zero attached hydrogens (tertiary/aromatic N) is 2. The number of benzene rings is 3. The van der Waals surface area contributed by atoms with E-state index in [1.54, 1.807) is 0 Å². The molecule has 0 fully saturated rings. The minimum Gasteiger partial charge on any atom is -0.456 e. The molecule has 0 amide bonds. The number of carbonyl (C=O) groups excluding carboxylic acids is 1. The molecule has 0 aliphatic rings. The molecule has 0 saturated carbocycles. The second-order valence-corrected chi connectivity index (χ2v) is 5.84. The Bertz CT molecular complexity index is 1050. The van der Waals surface area contributed by atoms with Gasteiger partial charge in [0.05, 0.1) is 11.0 Å². The molecule has 0 saturated heterocycles. The number of carbonyl (C=O) groups is 1. The van der Waals surface area contributed by atoms with Gasteiger partial charge in [-0.3, -0.25) is 0 Å². The zero-order valence-electron chi connectivity index (χ0n) is 14.0. The van der Waals surface area contributed by atoms with Crippen molar-refractivity contribution in [2.45, 2.75) is 6.61 Å². The number of hydrogen-bond acceptors (Lipinski definition) is 4. The van der Waals surface area contributed by atoms with Gasteiger partial charge < -0.3 is 4.74 Å². The number of esters is 1. The van der Waals surface area contributed by atoms with Gasteiger partial charge in [0.15, 0.2) is 5.69 Å². The fourth-order valence-corrected chi connectivity index (χ4v) is 2.73. The van der Waals surface area contributed by atoms with E-state index in [2.05, 4.69) is 9.97 Å². The van der Waals surface area contributed by atoms with Crippen LogP contribution in [0.4, 0.5) is 0 Å². The number of hydrogen-bond donors (Lipinski definition) is 0. The maximum Gasteiger partial charge on any atom is 0.359 e. The SMILES string of the molecule is O=C(OCc1ccccc1)c1nc2ccccc2nc1-c1ccccc1. The number of rotatable bonds is 4. The smallest absolute Gasteiger partial charge is 0.359 e. The molecular weight excluding hydrogens is 324 g/mol. The predicted octanol–water partition coefficient (Wildman–Crippen LogP) is 4.65. The van der Waals surface area contributed by atoms with Crippen LogP contribution in [-0.4, -0.2) is 15.9 Å². The van der Waals surface area contributed by atoms with Crippen LogP contribution in [0, 0.1) is 0 Å². The van der Waals surface area contributed by atoms with Gasteiger partial charge >= 0.3 is 5.97 Å². The molecule has 4 nitrogen and oxygen atoms in total. The summed E-state index contributed by atoms with van der Waals surface area (Å²) in [7, 11) is 0. The lowest BCUT2D eigenvalue weighted by Gasteiger charge is -2.10. The fourth-order valence-electron chi connectivity index (χ4n) is 2.73. The standard InChI is InChI=1S/C22H16N2O2/c25-22(26-15-16-9-3-1-4-10-16)21-20(17-11-5-2-6-12-17)23-18-13-7-8-14-19(18)24-21/h1-14H,15H2. The van der Waals surface area contributed by atoms with E-state index in [9.17, 15) is 4.79 Å². The average Bonchev–Trinajstić information content (AvgIpc) is 2.72. The molecule has 26 heavy (non-hydrogen) atoms. The lowest BCUT2D eigenvalue weighted by atomic mass is 10.1. The van der Waals surface area contributed by atoms with E-state index in [1.807, 2.05) is 84.9 Å². The second-order valence-electron chi connectivity index (χ2n) is 5.84. The van der Waals surface area contributed by atoms with Crippen LogP contribution in [-0.2, 0) is 11.3 Å². The first-order valence-electron chi connectivity index (χ1n) is 8.34. The Balaban J connectivity index is 1.73. The first-order valence-corrected chi connectivity index (χ1v) is 8.34. The highest BCUT2D eigenvalue weighted by Gasteiger charge is 2.19. The van der Waals surface area contributed by atoms with Gasteiger partial charge in [-0.25, -0.2) is 14.8 Å². The third-order valence-corrected chi connectivity index (χ3v) is 4.02. The molecule has 3 aromatic carbocycles. The molecule has 1 aromatic heterocycles. The van der Waals surface area contributed by atoms with Crippen LogP contribution in [0.5, 0.6) is 0 Å². The van der Waals surface area contributed by atoms with Crippen molar-refractivity contribution >= 4 is 17.0 Å². The van der Waals surface area contributed by atoms with E-state index in [-0.39, 0.29) is 12.3 Å². The molecule has 0 radical (unpaired) electrons. The number of para-hydroxylation sites is 2. The molecule has 0 atom stereocenters. The first-order chi connectivity index (χ1) is 12.8. The quantitative estimate of drug-likeness (QED) is 0.507. The lowest BCUT2D eigenvalue weighted by Crippen LogP contribution is -2.11. The normalized spacial score (nSPS) is 10.6. The largest absolute Gasteiger partial charge is 0.456 e. The zero-order valence-corrected chi connectivity index (χ0v) is 14.0. The van der Waals surface area contributed by atoms with Crippen molar-refractivity contribution in [1.29, 1.82) is 0 Å². The molecule has 4 heteroatoms. The van der Waals surface area contributed by atoms with E-state index in [1.165, 1.54) is 0 Å². The molecule has 1 heterocycles. The van der Waals surface area contributed by atoms with Crippen molar-refractivity contribution in [1.82, 2.24) is 9.97 Å². The van der Waals surface area contributed by atoms with Gasteiger partial charge in [0.1, 0.15) is 12.3 Å². The van der Waals surface area contributed by atoms with E-state index in [4.69, 9.17) is 4.74 Å². The molecule has 0 aliphatic heterocycles. The molecule has 0 unspecified atom stereocenters. The highest BCUT2D eigenvalue weighted by molar-refractivity contribution is 5.96. The average molecular weight is 340 g/mol. The molecule has 4 rings (SSSR count). The van der Waals surface area contributed by atoms with E-state index < -0.39 is 5.97 Å². The fraction of sp³-hybridized carbons (Fsp3) is 0.0455. The van der Waals surface area contributed by atoms with E-state index in [0.717, 1.165) is 16.6 Å². The minimum atomic E-state index is -0.481. The Hall–Kier alpha value is -3.53. The van der Waals surface area contributed by atoms with E-state index in [0.29, 0.717) is 11.2 Å². The number of ether oxygens (including phenoxy) is 1. The van der Waals surface area contributed by atoms with Crippen LogP contribution >= 0.6 is 0 Å². The topological polar surface area (TPSA) is 52.1 Å². The molecular formula is C22H16N2O2. The number of fused-ring (bicyclic) bond motifs is 1. The molecule has 0 bridgehead atoms. The maximum atomic E-state index is 12.7. The predicted molar refractivity (Wildman–Crippen MR) is 101 cm³/mol. The Morgan fingerprint density at radius 1 is 0.731 bits per heavy atom. The highest BCUT2D eigenvalue weighted by Crippen LogP contribution is 2.24. The molecule has 0 aliphatic carbocycles. The number of aromatic nitrogens is 2. The summed E-state index contributed by atoms with van der Waals surface area (Å²) in [4.78, 5) is 21.9. The summed E-state index contributed by atoms with van der Waals surface area (Å²) >= 11 is 0. The zero-order chi connectivity index (χ0) is 17.8. The van der Waals surface area contributed by atoms with Gasteiger partial charge in [0.2, 0.25) is 0 Å². The van der Waals surface area contributed by atoms with Crippen molar-refractivity contribution in [3.63, 3.8) is 0 Å². The molecule has 126 valence electrons. The lowest BCUT2D eigenvalue weighted by molar-refractivity contribution is 0.0467. The third-order valence-electron chi connectivity index (χ3n) is 4.02. The van der Waals surface area contributed by atoms with Crippen LogP contribution in [0.2, 0.25) is 0 Å². The van der Waals surface area contributed by atoms with Crippen molar-refractivity contribution in [3.8, 4) is 11.3 Å². The van der Waals surface area contributed by atoms with Gasteiger partial charge in [-0.15, -0.1) is 0 Å². The van der Waals surface area contributed by atoms with Crippen LogP contribution in [0.1, 0.15) is 16.1 Å². The molecule has 0 spiro atoms. The molecule has 0 N–H and O–H groups in total. The Morgan fingerprint density at radius 3 is 2.00 bits per heavy atom. The summed E-state index contributed by atoms with van der Waals surface area (Å²) in [6, 6.07) is 26.6. The van der Waals surface area contributed by atoms with Gasteiger partial charge in [-0.1, -0.05) is 72.8 Å². The van der Waals surface area contributed by atoms with Crippen molar-refractivity contribution in [2.75, 3.05) is 0 Å². The second kappa shape index (κ2) is 7.15. The monoisotopic (exact) mass is 340 g/mol. The Kier molecular flexibility index (Phi) is 4.39. The Labute approximate surface area is 151 Å². The summed E-state index contributed by atoms with van der Waals surface area (Å²) in [5.41, 5.74) is 3.92. The van der Waals surface area contributed by atoms with Gasteiger partial charge in [0.25, 0.3) is 0 Å². The van der Waals surface area contributed by atoms with Crippen LogP contribution < -0.4 is 0 Å². The summed E-state index contributed by atoms with van der Waals surface area (Å²) in [5.74, 6) is -0.481. The van der Waals surface area contributed by atoms with Crippen molar-refractivity contribution in [3.05, 3.63) is 96.2 Å². The van der Waals surface area contributed by atoms with Crippen LogP contribution in [0.25, 0.3) is 22.3 Å². The summed E-state index contributed by atoms with van der Waals surface area (Å²) in [6.07, 6.45) is 0. The minimum absolute atomic E-state index is 0.197. The van der Waals surface area contributed by atoms with Crippen molar-refractivity contribution in [2.24, 2.45) is 0 Å². The van der Waals surface area contributed by atoms with Gasteiger partial charge in [-0.05, 0) is 17.7 Å². The van der Waals surface area contributed by atoms with E-state index >= 15 is 0 Å². The van der Waals surface area contributed by atoms with Gasteiger partial charge in [0, 0.05) is 5.56 Å². The third kappa shape index (κ3) is 3.30. The van der Waals surface area contributed by atoms with Crippen LogP contribution in [0.3, 0.4) is 0 Å². The van der Waals surface area contributed by atoms with Crippen molar-refractivity contribution < 1.29 is 9.53 Å². The summed E-state index contributed by atoms with van der Waals surface area (Å²) < 4.78 is 5.48. The van der Waals surface area contributed by atoms with Gasteiger partial charge in [-0.2, -0.15) is 0 Å². The summed E-state index contributed by atoms with van der Waals surface area (Å²) in [5, 5.41) is 0.